The molecule has 1 heterocycles. The van der Waals surface area contributed by atoms with Gasteiger partial charge in [0, 0.05) is 0 Å². The highest BCUT2D eigenvalue weighted by Gasteiger charge is 2.12. The van der Waals surface area contributed by atoms with Crippen molar-refractivity contribution in [1.29, 1.82) is 5.26 Å². The average molecular weight is 255 g/mol. The van der Waals surface area contributed by atoms with Crippen LogP contribution in [0.3, 0.4) is 0 Å². The molecule has 3 nitrogen and oxygen atoms in total. The number of aromatic amines is 1. The molecule has 1 N–H and O–H groups in total. The van der Waals surface area contributed by atoms with Gasteiger partial charge in [0.15, 0.2) is 0 Å². The number of fused-ring (bicyclic) bond motifs is 1. The maximum absolute atomic E-state index is 13.7. The molecule has 0 saturated heterocycles. The predicted octanol–water partition coefficient (Wildman–Crippen LogP) is 3.38. The Kier molecular flexibility index (Phi) is 2.50. The maximum Gasteiger partial charge on any atom is 0.141 e. The zero-order chi connectivity index (χ0) is 13.4. The van der Waals surface area contributed by atoms with Gasteiger partial charge in [0.05, 0.1) is 16.6 Å². The Morgan fingerprint density at radius 3 is 2.79 bits per heavy atom. The summed E-state index contributed by atoms with van der Waals surface area (Å²) in [4.78, 5) is 7.06. The first-order valence-corrected chi connectivity index (χ1v) is 5.53. The number of imidazole rings is 1. The normalized spacial score (nSPS) is 10.6. The smallest absolute Gasteiger partial charge is 0.141 e. The van der Waals surface area contributed by atoms with E-state index in [1.807, 2.05) is 6.07 Å². The van der Waals surface area contributed by atoms with Gasteiger partial charge in [-0.3, -0.25) is 0 Å². The van der Waals surface area contributed by atoms with Crippen LogP contribution in [0.1, 0.15) is 5.56 Å². The minimum absolute atomic E-state index is 0.0417. The monoisotopic (exact) mass is 255 g/mol. The van der Waals surface area contributed by atoms with E-state index in [1.54, 1.807) is 18.2 Å². The van der Waals surface area contributed by atoms with Crippen LogP contribution in [-0.4, -0.2) is 9.97 Å². The van der Waals surface area contributed by atoms with Crippen molar-refractivity contribution < 1.29 is 8.78 Å². The quantitative estimate of drug-likeness (QED) is 0.724. The molecule has 0 aliphatic rings. The molecule has 0 fully saturated rings. The summed E-state index contributed by atoms with van der Waals surface area (Å²) in [5.41, 5.74) is 1.48. The highest BCUT2D eigenvalue weighted by atomic mass is 19.1. The SMILES string of the molecule is N#Cc1cccc2[nH]c(-c3cc(F)ccc3F)nc12. The van der Waals surface area contributed by atoms with Crippen molar-refractivity contribution in [3.8, 4) is 17.5 Å². The van der Waals surface area contributed by atoms with E-state index < -0.39 is 11.6 Å². The third-order valence-corrected chi connectivity index (χ3v) is 2.82. The van der Waals surface area contributed by atoms with Gasteiger partial charge in [0.25, 0.3) is 0 Å². The van der Waals surface area contributed by atoms with E-state index in [9.17, 15) is 8.78 Å². The number of halogens is 2. The number of hydrogen-bond donors (Lipinski definition) is 1. The minimum atomic E-state index is -0.570. The fraction of sp³-hybridized carbons (Fsp3) is 0. The Bertz CT molecular complexity index is 815. The second-order valence-corrected chi connectivity index (χ2v) is 4.02. The predicted molar refractivity (Wildman–Crippen MR) is 66.2 cm³/mol. The van der Waals surface area contributed by atoms with E-state index in [2.05, 4.69) is 9.97 Å². The molecule has 2 aromatic carbocycles. The summed E-state index contributed by atoms with van der Waals surface area (Å²) >= 11 is 0. The molecule has 5 heteroatoms. The number of para-hydroxylation sites is 1. The lowest BCUT2D eigenvalue weighted by Gasteiger charge is -1.98. The highest BCUT2D eigenvalue weighted by molar-refractivity contribution is 5.84. The van der Waals surface area contributed by atoms with Crippen LogP contribution in [0.2, 0.25) is 0 Å². The molecule has 92 valence electrons. The molecule has 0 bridgehead atoms. The molecule has 0 amide bonds. The highest BCUT2D eigenvalue weighted by Crippen LogP contribution is 2.25. The van der Waals surface area contributed by atoms with Gasteiger partial charge in [0.1, 0.15) is 29.0 Å². The first-order valence-electron chi connectivity index (χ1n) is 5.53. The van der Waals surface area contributed by atoms with E-state index in [0.717, 1.165) is 18.2 Å². The fourth-order valence-corrected chi connectivity index (χ4v) is 1.93. The van der Waals surface area contributed by atoms with Crippen molar-refractivity contribution in [2.75, 3.05) is 0 Å². The summed E-state index contributed by atoms with van der Waals surface area (Å²) in [6.45, 7) is 0. The molecule has 0 saturated carbocycles. The van der Waals surface area contributed by atoms with Gasteiger partial charge in [-0.15, -0.1) is 0 Å². The number of nitrogens with one attached hydrogen (secondary N) is 1. The first-order chi connectivity index (χ1) is 9.19. The van der Waals surface area contributed by atoms with Crippen LogP contribution >= 0.6 is 0 Å². The molecule has 3 rings (SSSR count). The van der Waals surface area contributed by atoms with Crippen molar-refractivity contribution in [3.63, 3.8) is 0 Å². The van der Waals surface area contributed by atoms with Crippen molar-refractivity contribution in [1.82, 2.24) is 9.97 Å². The van der Waals surface area contributed by atoms with Crippen LogP contribution in [-0.2, 0) is 0 Å². The lowest BCUT2D eigenvalue weighted by molar-refractivity contribution is 0.602. The molecule has 1 aromatic heterocycles. The van der Waals surface area contributed by atoms with Crippen LogP contribution in [0.5, 0.6) is 0 Å². The molecule has 0 spiro atoms. The Hall–Kier alpha value is -2.74. The van der Waals surface area contributed by atoms with Crippen LogP contribution in [0.25, 0.3) is 22.4 Å². The molecular weight excluding hydrogens is 248 g/mol. The largest absolute Gasteiger partial charge is 0.338 e. The number of hydrogen-bond acceptors (Lipinski definition) is 2. The number of benzene rings is 2. The zero-order valence-corrected chi connectivity index (χ0v) is 9.61. The third-order valence-electron chi connectivity index (χ3n) is 2.82. The Morgan fingerprint density at radius 1 is 1.16 bits per heavy atom. The lowest BCUT2D eigenvalue weighted by Crippen LogP contribution is -1.88. The maximum atomic E-state index is 13.7. The first kappa shape index (κ1) is 11.4. The van der Waals surface area contributed by atoms with E-state index in [-0.39, 0.29) is 11.4 Å². The van der Waals surface area contributed by atoms with Crippen LogP contribution in [0, 0.1) is 23.0 Å². The third kappa shape index (κ3) is 1.83. The Balaban J connectivity index is 2.27. The van der Waals surface area contributed by atoms with Crippen molar-refractivity contribution >= 4 is 11.0 Å². The molecular formula is C14H7F2N3. The van der Waals surface area contributed by atoms with Crippen molar-refractivity contribution in [2.24, 2.45) is 0 Å². The molecule has 0 unspecified atom stereocenters. The molecule has 19 heavy (non-hydrogen) atoms. The fourth-order valence-electron chi connectivity index (χ4n) is 1.93. The van der Waals surface area contributed by atoms with Gasteiger partial charge in [-0.05, 0) is 30.3 Å². The minimum Gasteiger partial charge on any atom is -0.338 e. The van der Waals surface area contributed by atoms with Gasteiger partial charge < -0.3 is 4.98 Å². The van der Waals surface area contributed by atoms with E-state index >= 15 is 0 Å². The number of rotatable bonds is 1. The van der Waals surface area contributed by atoms with E-state index in [4.69, 9.17) is 5.26 Å². The van der Waals surface area contributed by atoms with Crippen LogP contribution < -0.4 is 0 Å². The number of H-pyrrole nitrogens is 1. The lowest BCUT2D eigenvalue weighted by atomic mass is 10.2. The number of nitrogens with zero attached hydrogens (tertiary/aromatic N) is 2. The molecule has 0 aliphatic heterocycles. The molecule has 0 atom stereocenters. The number of aromatic nitrogens is 2. The Morgan fingerprint density at radius 2 is 2.00 bits per heavy atom. The standard InChI is InChI=1S/C14H7F2N3/c15-9-4-5-11(16)10(6-9)14-18-12-3-1-2-8(7-17)13(12)19-14/h1-6H,(H,18,19). The molecule has 3 aromatic rings. The van der Waals surface area contributed by atoms with Crippen molar-refractivity contribution in [3.05, 3.63) is 53.6 Å². The van der Waals surface area contributed by atoms with Crippen LogP contribution in [0.15, 0.2) is 36.4 Å². The van der Waals surface area contributed by atoms with Gasteiger partial charge >= 0.3 is 0 Å². The summed E-state index contributed by atoms with van der Waals surface area (Å²) in [5.74, 6) is -0.911. The van der Waals surface area contributed by atoms with E-state index in [1.165, 1.54) is 0 Å². The summed E-state index contributed by atoms with van der Waals surface area (Å²) < 4.78 is 26.8. The van der Waals surface area contributed by atoms with Crippen LogP contribution in [0.4, 0.5) is 8.78 Å². The summed E-state index contributed by atoms with van der Waals surface area (Å²) in [7, 11) is 0. The van der Waals surface area contributed by atoms with E-state index in [0.29, 0.717) is 16.6 Å². The van der Waals surface area contributed by atoms with Gasteiger partial charge in [-0.2, -0.15) is 5.26 Å². The van der Waals surface area contributed by atoms with Gasteiger partial charge in [-0.1, -0.05) is 6.07 Å². The molecule has 0 aliphatic carbocycles. The summed E-state index contributed by atoms with van der Waals surface area (Å²) in [6.07, 6.45) is 0. The zero-order valence-electron chi connectivity index (χ0n) is 9.61. The van der Waals surface area contributed by atoms with Gasteiger partial charge in [0.2, 0.25) is 0 Å². The molecule has 0 radical (unpaired) electrons. The summed E-state index contributed by atoms with van der Waals surface area (Å²) in [5, 5.41) is 8.98. The average Bonchev–Trinajstić information content (AvgIpc) is 2.85. The topological polar surface area (TPSA) is 52.5 Å². The second-order valence-electron chi connectivity index (χ2n) is 4.02. The summed E-state index contributed by atoms with van der Waals surface area (Å²) in [6, 6.07) is 10.2. The van der Waals surface area contributed by atoms with Gasteiger partial charge in [-0.25, -0.2) is 13.8 Å². The Labute approximate surface area is 107 Å². The number of nitriles is 1. The van der Waals surface area contributed by atoms with Crippen molar-refractivity contribution in [2.45, 2.75) is 0 Å². The second kappa shape index (κ2) is 4.18.